The van der Waals surface area contributed by atoms with Gasteiger partial charge in [-0.05, 0) is 6.92 Å². The van der Waals surface area contributed by atoms with Crippen LogP contribution in [-0.2, 0) is 18.1 Å². The van der Waals surface area contributed by atoms with Gasteiger partial charge in [-0.25, -0.2) is 18.1 Å². The number of rotatable bonds is 1. The van der Waals surface area contributed by atoms with Gasteiger partial charge in [0.2, 0.25) is 15.9 Å². The van der Waals surface area contributed by atoms with Crippen LogP contribution in [0.2, 0.25) is 0 Å². The minimum absolute atomic E-state index is 0.254. The van der Waals surface area contributed by atoms with Crippen LogP contribution in [0.15, 0.2) is 0 Å². The van der Waals surface area contributed by atoms with Crippen LogP contribution >= 0.6 is 15.9 Å². The van der Waals surface area contributed by atoms with Crippen LogP contribution in [-0.4, -0.2) is 39.3 Å². The van der Waals surface area contributed by atoms with Crippen LogP contribution in [0.3, 0.4) is 0 Å². The van der Waals surface area contributed by atoms with Gasteiger partial charge >= 0.3 is 0 Å². The van der Waals surface area contributed by atoms with E-state index in [1.807, 2.05) is 0 Å². The topological polar surface area (TPSA) is 83.0 Å². The molecule has 0 aliphatic carbocycles. The Morgan fingerprint density at radius 1 is 1.00 bits per heavy atom. The standard InChI is InChI=1S/C8H16O6P2/c1-3-16(10)13-6-8(7-14-16)4-11-15(2,9)12-5-8/h3-7H2,1-2H3. The first-order valence-corrected chi connectivity index (χ1v) is 8.85. The van der Waals surface area contributed by atoms with Gasteiger partial charge in [-0.2, -0.15) is 0 Å². The van der Waals surface area contributed by atoms with Crippen LogP contribution in [0.5, 0.6) is 0 Å². The van der Waals surface area contributed by atoms with Gasteiger partial charge in [0.15, 0.2) is 0 Å². The van der Waals surface area contributed by atoms with E-state index in [1.54, 1.807) is 6.92 Å². The monoisotopic (exact) mass is 270 g/mol. The fourth-order valence-electron chi connectivity index (χ4n) is 1.49. The Morgan fingerprint density at radius 2 is 1.44 bits per heavy atom. The van der Waals surface area contributed by atoms with E-state index < -0.39 is 21.3 Å². The SMILES string of the molecule is CC[P+]1([O-])OCC2(CO[P+](C)([O-])OC2)CO1. The average Bonchev–Trinajstić information content (AvgIpc) is 2.27. The molecule has 0 amide bonds. The molecule has 0 aromatic rings. The van der Waals surface area contributed by atoms with Crippen molar-refractivity contribution in [1.29, 1.82) is 0 Å². The third-order valence-electron chi connectivity index (χ3n) is 2.73. The van der Waals surface area contributed by atoms with Gasteiger partial charge in [0.1, 0.15) is 32.6 Å². The molecule has 16 heavy (non-hydrogen) atoms. The molecular weight excluding hydrogens is 254 g/mol. The Balaban J connectivity index is 1.94. The Kier molecular flexibility index (Phi) is 3.57. The van der Waals surface area contributed by atoms with E-state index in [4.69, 9.17) is 18.1 Å². The van der Waals surface area contributed by atoms with Gasteiger partial charge in [-0.3, -0.25) is 0 Å². The van der Waals surface area contributed by atoms with E-state index in [2.05, 4.69) is 0 Å². The highest BCUT2D eigenvalue weighted by Crippen LogP contribution is 2.60. The molecular formula is C8H16O6P2. The molecule has 0 saturated carbocycles. The highest BCUT2D eigenvalue weighted by Gasteiger charge is 2.51. The van der Waals surface area contributed by atoms with Crippen LogP contribution < -0.4 is 9.79 Å². The molecule has 2 rings (SSSR count). The molecule has 0 radical (unpaired) electrons. The van der Waals surface area contributed by atoms with Gasteiger partial charge in [0, 0.05) is 0 Å². The van der Waals surface area contributed by atoms with Crippen molar-refractivity contribution in [2.75, 3.05) is 39.3 Å². The minimum atomic E-state index is -2.90. The first-order valence-electron chi connectivity index (χ1n) is 5.13. The normalized spacial score (nSPS) is 49.5. The molecule has 2 fully saturated rings. The Hall–Kier alpha value is 0.620. The van der Waals surface area contributed by atoms with Crippen molar-refractivity contribution in [2.24, 2.45) is 5.41 Å². The van der Waals surface area contributed by atoms with Crippen molar-refractivity contribution in [2.45, 2.75) is 6.92 Å². The summed E-state index contributed by atoms with van der Waals surface area (Å²) in [5, 5.41) is 0. The smallest absolute Gasteiger partial charge is 0.237 e. The predicted octanol–water partition coefficient (Wildman–Crippen LogP) is -0.0381. The first kappa shape index (κ1) is 13.1. The molecule has 94 valence electrons. The van der Waals surface area contributed by atoms with Crippen molar-refractivity contribution in [1.82, 2.24) is 0 Å². The van der Waals surface area contributed by atoms with E-state index in [1.165, 1.54) is 6.66 Å². The van der Waals surface area contributed by atoms with Gasteiger partial charge in [-0.15, -0.1) is 0 Å². The second-order valence-electron chi connectivity index (χ2n) is 4.29. The lowest BCUT2D eigenvalue weighted by molar-refractivity contribution is -0.254. The van der Waals surface area contributed by atoms with E-state index in [0.29, 0.717) is 6.16 Å². The zero-order chi connectivity index (χ0) is 11.9. The summed E-state index contributed by atoms with van der Waals surface area (Å²) >= 11 is 0. The fraction of sp³-hybridized carbons (Fsp3) is 1.00. The van der Waals surface area contributed by atoms with Crippen molar-refractivity contribution < 1.29 is 27.9 Å². The summed E-state index contributed by atoms with van der Waals surface area (Å²) in [6.45, 7) is 4.22. The van der Waals surface area contributed by atoms with Crippen molar-refractivity contribution >= 4 is 15.9 Å². The highest BCUT2D eigenvalue weighted by molar-refractivity contribution is 7.59. The summed E-state index contributed by atoms with van der Waals surface area (Å²) in [5.74, 6) is 0. The molecule has 0 N–H and O–H groups in total. The average molecular weight is 270 g/mol. The minimum Gasteiger partial charge on any atom is -0.632 e. The van der Waals surface area contributed by atoms with E-state index in [-0.39, 0.29) is 26.4 Å². The van der Waals surface area contributed by atoms with Crippen LogP contribution in [0, 0.1) is 5.41 Å². The molecule has 0 aromatic heterocycles. The van der Waals surface area contributed by atoms with Crippen molar-refractivity contribution in [3.05, 3.63) is 0 Å². The lowest BCUT2D eigenvalue weighted by Gasteiger charge is -2.44. The molecule has 1 spiro atoms. The Labute approximate surface area is 96.0 Å². The molecule has 0 atom stereocenters. The second-order valence-corrected chi connectivity index (χ2v) is 8.72. The lowest BCUT2D eigenvalue weighted by atomic mass is 9.93. The summed E-state index contributed by atoms with van der Waals surface area (Å²) in [6.07, 6.45) is 0.358. The van der Waals surface area contributed by atoms with Crippen molar-refractivity contribution in [3.8, 4) is 0 Å². The zero-order valence-electron chi connectivity index (χ0n) is 9.38. The summed E-state index contributed by atoms with van der Waals surface area (Å²) in [7, 11) is -5.80. The van der Waals surface area contributed by atoms with E-state index in [9.17, 15) is 9.79 Å². The number of hydrogen-bond donors (Lipinski definition) is 0. The summed E-state index contributed by atoms with van der Waals surface area (Å²) in [6, 6.07) is 0. The lowest BCUT2D eigenvalue weighted by Crippen LogP contribution is -2.49. The molecule has 2 aliphatic rings. The van der Waals surface area contributed by atoms with Crippen LogP contribution in [0.25, 0.3) is 0 Å². The summed E-state index contributed by atoms with van der Waals surface area (Å²) < 4.78 is 20.8. The Morgan fingerprint density at radius 3 is 1.88 bits per heavy atom. The summed E-state index contributed by atoms with van der Waals surface area (Å²) in [5.41, 5.74) is -0.465. The number of hydrogen-bond acceptors (Lipinski definition) is 6. The maximum Gasteiger partial charge on any atom is 0.237 e. The maximum absolute atomic E-state index is 11.8. The summed E-state index contributed by atoms with van der Waals surface area (Å²) in [4.78, 5) is 23.2. The molecule has 2 heterocycles. The van der Waals surface area contributed by atoms with Gasteiger partial charge in [0.25, 0.3) is 0 Å². The largest absolute Gasteiger partial charge is 0.632 e. The molecule has 8 heteroatoms. The first-order chi connectivity index (χ1) is 7.39. The third-order valence-corrected chi connectivity index (χ3v) is 5.75. The maximum atomic E-state index is 11.8. The van der Waals surface area contributed by atoms with Crippen molar-refractivity contribution in [3.63, 3.8) is 0 Å². The molecule has 2 saturated heterocycles. The van der Waals surface area contributed by atoms with Gasteiger partial charge < -0.3 is 9.79 Å². The third kappa shape index (κ3) is 2.71. The molecule has 6 nitrogen and oxygen atoms in total. The van der Waals surface area contributed by atoms with Crippen LogP contribution in [0.4, 0.5) is 0 Å². The van der Waals surface area contributed by atoms with Crippen LogP contribution in [0.1, 0.15) is 6.92 Å². The molecule has 2 aliphatic heterocycles. The highest BCUT2D eigenvalue weighted by atomic mass is 31.2. The van der Waals surface area contributed by atoms with E-state index in [0.717, 1.165) is 0 Å². The molecule has 0 bridgehead atoms. The zero-order valence-corrected chi connectivity index (χ0v) is 11.2. The molecule has 0 unspecified atom stereocenters. The Bertz CT molecular complexity index is 251. The second kappa shape index (κ2) is 4.38. The van der Waals surface area contributed by atoms with E-state index >= 15 is 0 Å². The predicted molar refractivity (Wildman–Crippen MR) is 56.5 cm³/mol. The van der Waals surface area contributed by atoms with Gasteiger partial charge in [-0.1, -0.05) is 0 Å². The van der Waals surface area contributed by atoms with Gasteiger partial charge in [0.05, 0.1) is 12.1 Å². The fourth-order valence-corrected chi connectivity index (χ4v) is 3.96. The quantitative estimate of drug-likeness (QED) is 0.622. The molecule has 0 aromatic carbocycles.